The summed E-state index contributed by atoms with van der Waals surface area (Å²) >= 11 is 2.69. The van der Waals surface area contributed by atoms with Gasteiger partial charge in [-0.2, -0.15) is 0 Å². The molecule has 0 spiro atoms. The van der Waals surface area contributed by atoms with E-state index >= 15 is 0 Å². The van der Waals surface area contributed by atoms with Crippen molar-refractivity contribution in [3.63, 3.8) is 0 Å². The van der Waals surface area contributed by atoms with Gasteiger partial charge < -0.3 is 5.73 Å². The van der Waals surface area contributed by atoms with E-state index in [9.17, 15) is 13.2 Å². The molecule has 1 saturated heterocycles. The fourth-order valence-electron chi connectivity index (χ4n) is 2.47. The van der Waals surface area contributed by atoms with Gasteiger partial charge in [-0.3, -0.25) is 4.90 Å². The Labute approximate surface area is 112 Å². The van der Waals surface area contributed by atoms with Crippen LogP contribution in [0, 0.1) is 23.4 Å². The second-order valence-electron chi connectivity index (χ2n) is 4.68. The van der Waals surface area contributed by atoms with Crippen molar-refractivity contribution in [2.75, 3.05) is 20.1 Å². The quantitative estimate of drug-likeness (QED) is 0.670. The van der Waals surface area contributed by atoms with Crippen LogP contribution in [0.3, 0.4) is 0 Å². The first-order chi connectivity index (χ1) is 8.45. The van der Waals surface area contributed by atoms with Crippen molar-refractivity contribution in [2.45, 2.75) is 12.5 Å². The van der Waals surface area contributed by atoms with Gasteiger partial charge in [0.25, 0.3) is 0 Å². The Morgan fingerprint density at radius 2 is 2.06 bits per heavy atom. The van der Waals surface area contributed by atoms with E-state index in [0.29, 0.717) is 19.5 Å². The van der Waals surface area contributed by atoms with Crippen LogP contribution in [0.5, 0.6) is 0 Å². The van der Waals surface area contributed by atoms with E-state index in [1.165, 1.54) is 0 Å². The maximum Gasteiger partial charge on any atom is 0.176 e. The van der Waals surface area contributed by atoms with Crippen molar-refractivity contribution >= 4 is 15.9 Å². The van der Waals surface area contributed by atoms with Crippen LogP contribution in [0.4, 0.5) is 13.2 Å². The summed E-state index contributed by atoms with van der Waals surface area (Å²) in [6, 6.07) is 0.735. The minimum Gasteiger partial charge on any atom is -0.330 e. The highest BCUT2D eigenvalue weighted by Crippen LogP contribution is 2.37. The van der Waals surface area contributed by atoms with Crippen LogP contribution in [0.25, 0.3) is 0 Å². The highest BCUT2D eigenvalue weighted by molar-refractivity contribution is 9.10. The summed E-state index contributed by atoms with van der Waals surface area (Å²) in [5, 5.41) is 0. The van der Waals surface area contributed by atoms with Crippen LogP contribution in [0.1, 0.15) is 18.0 Å². The standard InChI is InChI=1S/C12H14BrF3N2/c1-18-5-6(4-17)2-9(18)7-3-8(14)10(13)12(16)11(7)15/h3,6,9H,2,4-5,17H2,1H3. The zero-order valence-electron chi connectivity index (χ0n) is 9.89. The predicted molar refractivity (Wildman–Crippen MR) is 66.5 cm³/mol. The zero-order chi connectivity index (χ0) is 13.4. The molecular weight excluding hydrogens is 309 g/mol. The lowest BCUT2D eigenvalue weighted by atomic mass is 9.99. The largest absolute Gasteiger partial charge is 0.330 e. The van der Waals surface area contributed by atoms with E-state index in [1.807, 2.05) is 4.90 Å². The fraction of sp³-hybridized carbons (Fsp3) is 0.500. The van der Waals surface area contributed by atoms with Crippen molar-refractivity contribution in [3.8, 4) is 0 Å². The maximum atomic E-state index is 13.9. The zero-order valence-corrected chi connectivity index (χ0v) is 11.5. The van der Waals surface area contributed by atoms with Crippen molar-refractivity contribution in [1.82, 2.24) is 4.90 Å². The number of benzene rings is 1. The molecule has 0 saturated carbocycles. The summed E-state index contributed by atoms with van der Waals surface area (Å²) in [6.07, 6.45) is 0.616. The molecule has 1 aromatic carbocycles. The molecule has 2 N–H and O–H groups in total. The van der Waals surface area contributed by atoms with E-state index < -0.39 is 21.9 Å². The van der Waals surface area contributed by atoms with Gasteiger partial charge in [0.1, 0.15) is 5.82 Å². The fourth-order valence-corrected chi connectivity index (χ4v) is 2.76. The third-order valence-corrected chi connectivity index (χ3v) is 4.18. The molecule has 0 bridgehead atoms. The van der Waals surface area contributed by atoms with Crippen molar-refractivity contribution in [1.29, 1.82) is 0 Å². The first-order valence-corrected chi connectivity index (χ1v) is 6.48. The van der Waals surface area contributed by atoms with E-state index in [4.69, 9.17) is 5.73 Å². The number of rotatable bonds is 2. The molecule has 1 fully saturated rings. The van der Waals surface area contributed by atoms with Gasteiger partial charge in [0, 0.05) is 18.2 Å². The molecular formula is C12H14BrF3N2. The molecule has 0 amide bonds. The molecule has 2 nitrogen and oxygen atoms in total. The molecule has 100 valence electrons. The molecule has 18 heavy (non-hydrogen) atoms. The Hall–Kier alpha value is -0.590. The Balaban J connectivity index is 2.40. The number of halogens is 4. The summed E-state index contributed by atoms with van der Waals surface area (Å²) in [7, 11) is 1.80. The molecule has 1 aliphatic rings. The summed E-state index contributed by atoms with van der Waals surface area (Å²) in [6.45, 7) is 1.20. The Bertz CT molecular complexity index is 467. The van der Waals surface area contributed by atoms with Crippen LogP contribution in [0.2, 0.25) is 0 Å². The smallest absolute Gasteiger partial charge is 0.176 e. The average Bonchev–Trinajstić information content (AvgIpc) is 2.72. The first kappa shape index (κ1) is 13.8. The molecule has 6 heteroatoms. The summed E-state index contributed by atoms with van der Waals surface area (Å²) in [4.78, 5) is 1.88. The van der Waals surface area contributed by atoms with Gasteiger partial charge in [-0.25, -0.2) is 13.2 Å². The molecule has 0 radical (unpaired) electrons. The lowest BCUT2D eigenvalue weighted by Gasteiger charge is -2.20. The Kier molecular flexibility index (Phi) is 3.99. The third-order valence-electron chi connectivity index (χ3n) is 3.46. The van der Waals surface area contributed by atoms with Crippen LogP contribution >= 0.6 is 15.9 Å². The summed E-state index contributed by atoms with van der Waals surface area (Å²) in [5.74, 6) is -2.71. The normalized spacial score (nSPS) is 24.8. The van der Waals surface area contributed by atoms with Crippen LogP contribution < -0.4 is 5.73 Å². The number of nitrogens with two attached hydrogens (primary N) is 1. The Morgan fingerprint density at radius 1 is 1.39 bits per heavy atom. The van der Waals surface area contributed by atoms with Crippen molar-refractivity contribution in [2.24, 2.45) is 11.7 Å². The second-order valence-corrected chi connectivity index (χ2v) is 5.48. The van der Waals surface area contributed by atoms with Gasteiger partial charge in [0.15, 0.2) is 11.6 Å². The Morgan fingerprint density at radius 3 is 2.61 bits per heavy atom. The van der Waals surface area contributed by atoms with Crippen LogP contribution in [0.15, 0.2) is 10.5 Å². The van der Waals surface area contributed by atoms with Gasteiger partial charge in [0.2, 0.25) is 0 Å². The van der Waals surface area contributed by atoms with E-state index in [2.05, 4.69) is 15.9 Å². The molecule has 1 heterocycles. The minimum atomic E-state index is -1.17. The predicted octanol–water partition coefficient (Wildman–Crippen LogP) is 2.82. The van der Waals surface area contributed by atoms with Gasteiger partial charge in [0.05, 0.1) is 4.47 Å². The SMILES string of the molecule is CN1CC(CN)CC1c1cc(F)c(Br)c(F)c1F. The molecule has 0 aromatic heterocycles. The van der Waals surface area contributed by atoms with E-state index in [1.54, 1.807) is 7.05 Å². The molecule has 0 aliphatic carbocycles. The van der Waals surface area contributed by atoms with Crippen LogP contribution in [-0.4, -0.2) is 25.0 Å². The van der Waals surface area contributed by atoms with Gasteiger partial charge in [-0.15, -0.1) is 0 Å². The lowest BCUT2D eigenvalue weighted by molar-refractivity contribution is 0.302. The second kappa shape index (κ2) is 5.19. The maximum absolute atomic E-state index is 13.9. The van der Waals surface area contributed by atoms with E-state index in [-0.39, 0.29) is 17.5 Å². The van der Waals surface area contributed by atoms with Crippen molar-refractivity contribution in [3.05, 3.63) is 33.6 Å². The highest BCUT2D eigenvalue weighted by atomic mass is 79.9. The van der Waals surface area contributed by atoms with Crippen LogP contribution in [-0.2, 0) is 0 Å². The van der Waals surface area contributed by atoms with Crippen molar-refractivity contribution < 1.29 is 13.2 Å². The van der Waals surface area contributed by atoms with E-state index in [0.717, 1.165) is 6.07 Å². The number of likely N-dealkylation sites (tertiary alicyclic amines) is 1. The molecule has 1 aliphatic heterocycles. The molecule has 2 unspecified atom stereocenters. The number of hydrogen-bond acceptors (Lipinski definition) is 2. The van der Waals surface area contributed by atoms with Gasteiger partial charge in [-0.05, 0) is 47.9 Å². The van der Waals surface area contributed by atoms with Gasteiger partial charge >= 0.3 is 0 Å². The van der Waals surface area contributed by atoms with Gasteiger partial charge in [-0.1, -0.05) is 0 Å². The first-order valence-electron chi connectivity index (χ1n) is 5.68. The minimum absolute atomic E-state index is 0.0617. The average molecular weight is 323 g/mol. The monoisotopic (exact) mass is 322 g/mol. The molecule has 1 aromatic rings. The topological polar surface area (TPSA) is 29.3 Å². The molecule has 2 rings (SSSR count). The molecule has 2 atom stereocenters. The highest BCUT2D eigenvalue weighted by Gasteiger charge is 2.33. The lowest BCUT2D eigenvalue weighted by Crippen LogP contribution is -2.21. The third kappa shape index (κ3) is 2.29. The summed E-state index contributed by atoms with van der Waals surface area (Å²) in [5.41, 5.74) is 5.64. The number of hydrogen-bond donors (Lipinski definition) is 1. The number of nitrogens with zero attached hydrogens (tertiary/aromatic N) is 1. The summed E-state index contributed by atoms with van der Waals surface area (Å²) < 4.78 is 40.4.